The first-order chi connectivity index (χ1) is 9.54. The van der Waals surface area contributed by atoms with Gasteiger partial charge in [-0.2, -0.15) is 10.2 Å². The first-order valence-electron chi connectivity index (χ1n) is 5.97. The number of benzene rings is 1. The Balaban J connectivity index is 2.00. The number of rotatable bonds is 2. The summed E-state index contributed by atoms with van der Waals surface area (Å²) in [5.74, 6) is 0. The maximum Gasteiger partial charge on any atom is 0.287 e. The van der Waals surface area contributed by atoms with Crippen LogP contribution in [0.4, 0.5) is 11.4 Å². The maximum absolute atomic E-state index is 11.7. The third kappa shape index (κ3) is 2.14. The minimum atomic E-state index is -0.334. The van der Waals surface area contributed by atoms with Crippen molar-refractivity contribution >= 4 is 33.9 Å². The lowest BCUT2D eigenvalue weighted by molar-refractivity contribution is 0.709. The number of hydrogen-bond donors (Lipinski definition) is 1. The van der Waals surface area contributed by atoms with Crippen LogP contribution in [0.2, 0.25) is 5.02 Å². The van der Waals surface area contributed by atoms with Crippen molar-refractivity contribution in [2.75, 3.05) is 5.32 Å². The van der Waals surface area contributed by atoms with Gasteiger partial charge in [0.05, 0.1) is 17.4 Å². The molecule has 6 nitrogen and oxygen atoms in total. The van der Waals surface area contributed by atoms with Crippen LogP contribution in [0, 0.1) is 0 Å². The van der Waals surface area contributed by atoms with Gasteiger partial charge in [-0.15, -0.1) is 0 Å². The van der Waals surface area contributed by atoms with Gasteiger partial charge < -0.3 is 5.32 Å². The molecule has 2 heterocycles. The Bertz CT molecular complexity index is 852. The number of aromatic nitrogens is 4. The average Bonchev–Trinajstić information content (AvgIpc) is 2.79. The molecule has 0 saturated heterocycles. The van der Waals surface area contributed by atoms with E-state index in [0.29, 0.717) is 5.69 Å². The fraction of sp³-hybridized carbons (Fsp3) is 0.154. The van der Waals surface area contributed by atoms with Crippen molar-refractivity contribution in [3.8, 4) is 0 Å². The van der Waals surface area contributed by atoms with Gasteiger partial charge in [-0.1, -0.05) is 11.6 Å². The molecule has 0 aliphatic heterocycles. The molecule has 7 heteroatoms. The van der Waals surface area contributed by atoms with Crippen LogP contribution in [0.5, 0.6) is 0 Å². The SMILES string of the molecule is Cn1cc2cc(Nc3cnn(C)c(=O)c3Cl)ccc2n1. The van der Waals surface area contributed by atoms with E-state index in [4.69, 9.17) is 11.6 Å². The minimum absolute atomic E-state index is 0.119. The van der Waals surface area contributed by atoms with Crippen molar-refractivity contribution in [2.24, 2.45) is 14.1 Å². The lowest BCUT2D eigenvalue weighted by atomic mass is 10.2. The molecular weight excluding hydrogens is 278 g/mol. The van der Waals surface area contributed by atoms with Gasteiger partial charge in [0.1, 0.15) is 5.02 Å². The molecule has 2 aromatic heterocycles. The number of halogens is 1. The first-order valence-corrected chi connectivity index (χ1v) is 6.34. The average molecular weight is 290 g/mol. The van der Waals surface area contributed by atoms with E-state index in [1.54, 1.807) is 11.7 Å². The van der Waals surface area contributed by atoms with E-state index < -0.39 is 0 Å². The molecule has 0 spiro atoms. The molecule has 0 atom stereocenters. The smallest absolute Gasteiger partial charge is 0.287 e. The topological polar surface area (TPSA) is 64.7 Å². The molecule has 20 heavy (non-hydrogen) atoms. The summed E-state index contributed by atoms with van der Waals surface area (Å²) in [4.78, 5) is 11.7. The number of nitrogens with one attached hydrogen (secondary N) is 1. The summed E-state index contributed by atoms with van der Waals surface area (Å²) in [6, 6.07) is 5.72. The van der Waals surface area contributed by atoms with Crippen LogP contribution in [-0.4, -0.2) is 19.6 Å². The summed E-state index contributed by atoms with van der Waals surface area (Å²) >= 11 is 6.02. The second-order valence-electron chi connectivity index (χ2n) is 4.50. The molecule has 0 radical (unpaired) electrons. The van der Waals surface area contributed by atoms with Crippen molar-refractivity contribution in [2.45, 2.75) is 0 Å². The molecule has 0 aliphatic rings. The first kappa shape index (κ1) is 12.7. The van der Waals surface area contributed by atoms with Gasteiger partial charge in [-0.3, -0.25) is 9.48 Å². The molecule has 0 amide bonds. The summed E-state index contributed by atoms with van der Waals surface area (Å²) in [6.07, 6.45) is 3.45. The van der Waals surface area contributed by atoms with Crippen molar-refractivity contribution in [3.05, 3.63) is 46.0 Å². The van der Waals surface area contributed by atoms with E-state index in [9.17, 15) is 4.79 Å². The monoisotopic (exact) mass is 289 g/mol. The summed E-state index contributed by atoms with van der Waals surface area (Å²) in [7, 11) is 3.43. The Hall–Kier alpha value is -2.34. The van der Waals surface area contributed by atoms with Crippen LogP contribution >= 0.6 is 11.6 Å². The predicted octanol–water partition coefficient (Wildman–Crippen LogP) is 2.06. The number of aryl methyl sites for hydroxylation is 2. The van der Waals surface area contributed by atoms with E-state index in [1.807, 2.05) is 31.4 Å². The quantitative estimate of drug-likeness (QED) is 0.784. The molecule has 0 fully saturated rings. The zero-order valence-corrected chi connectivity index (χ0v) is 11.7. The fourth-order valence-corrected chi connectivity index (χ4v) is 2.20. The maximum atomic E-state index is 11.7. The third-order valence-corrected chi connectivity index (χ3v) is 3.34. The number of anilines is 2. The van der Waals surface area contributed by atoms with Gasteiger partial charge in [-0.25, -0.2) is 4.68 Å². The van der Waals surface area contributed by atoms with Crippen molar-refractivity contribution < 1.29 is 0 Å². The molecule has 0 aliphatic carbocycles. The van der Waals surface area contributed by atoms with E-state index in [2.05, 4.69) is 15.5 Å². The second kappa shape index (κ2) is 4.64. The molecule has 1 N–H and O–H groups in total. The Kier molecular flexibility index (Phi) is 2.94. The normalized spacial score (nSPS) is 10.9. The number of hydrogen-bond acceptors (Lipinski definition) is 4. The van der Waals surface area contributed by atoms with Crippen molar-refractivity contribution in [1.82, 2.24) is 19.6 Å². The highest BCUT2D eigenvalue weighted by Gasteiger charge is 2.08. The zero-order chi connectivity index (χ0) is 14.3. The highest BCUT2D eigenvalue weighted by Crippen LogP contribution is 2.24. The molecule has 3 aromatic rings. The van der Waals surface area contributed by atoms with Gasteiger partial charge >= 0.3 is 0 Å². The van der Waals surface area contributed by atoms with E-state index in [-0.39, 0.29) is 10.6 Å². The molecule has 102 valence electrons. The third-order valence-electron chi connectivity index (χ3n) is 2.98. The molecule has 0 saturated carbocycles. The highest BCUT2D eigenvalue weighted by atomic mass is 35.5. The van der Waals surface area contributed by atoms with Gasteiger partial charge in [0.2, 0.25) is 0 Å². The van der Waals surface area contributed by atoms with Crippen LogP contribution in [-0.2, 0) is 14.1 Å². The highest BCUT2D eigenvalue weighted by molar-refractivity contribution is 6.33. The predicted molar refractivity (Wildman–Crippen MR) is 78.5 cm³/mol. The Morgan fingerprint density at radius 3 is 2.90 bits per heavy atom. The number of nitrogens with zero attached hydrogens (tertiary/aromatic N) is 4. The van der Waals surface area contributed by atoms with E-state index in [1.165, 1.54) is 10.9 Å². The second-order valence-corrected chi connectivity index (χ2v) is 4.88. The fourth-order valence-electron chi connectivity index (χ4n) is 1.98. The lowest BCUT2D eigenvalue weighted by Crippen LogP contribution is -2.20. The summed E-state index contributed by atoms with van der Waals surface area (Å²) in [6.45, 7) is 0. The summed E-state index contributed by atoms with van der Waals surface area (Å²) in [5.41, 5.74) is 1.88. The summed E-state index contributed by atoms with van der Waals surface area (Å²) in [5, 5.41) is 12.5. The van der Waals surface area contributed by atoms with Gasteiger partial charge in [0.15, 0.2) is 0 Å². The minimum Gasteiger partial charge on any atom is -0.353 e. The van der Waals surface area contributed by atoms with Gasteiger partial charge in [-0.05, 0) is 18.2 Å². The number of fused-ring (bicyclic) bond motifs is 1. The molecule has 3 rings (SSSR count). The lowest BCUT2D eigenvalue weighted by Gasteiger charge is -2.08. The Labute approximate surface area is 119 Å². The van der Waals surface area contributed by atoms with Crippen LogP contribution < -0.4 is 10.9 Å². The molecule has 0 unspecified atom stereocenters. The molecular formula is C13H12ClN5O. The van der Waals surface area contributed by atoms with Crippen molar-refractivity contribution in [1.29, 1.82) is 0 Å². The largest absolute Gasteiger partial charge is 0.353 e. The van der Waals surface area contributed by atoms with Gasteiger partial charge in [0.25, 0.3) is 5.56 Å². The van der Waals surface area contributed by atoms with Crippen LogP contribution in [0.3, 0.4) is 0 Å². The van der Waals surface area contributed by atoms with E-state index in [0.717, 1.165) is 16.6 Å². The van der Waals surface area contributed by atoms with Crippen LogP contribution in [0.1, 0.15) is 0 Å². The Morgan fingerprint density at radius 2 is 2.10 bits per heavy atom. The van der Waals surface area contributed by atoms with E-state index >= 15 is 0 Å². The zero-order valence-electron chi connectivity index (χ0n) is 11.0. The molecule has 1 aromatic carbocycles. The van der Waals surface area contributed by atoms with Crippen LogP contribution in [0.25, 0.3) is 10.9 Å². The standard InChI is InChI=1S/C13H12ClN5O/c1-18-7-8-5-9(3-4-10(8)17-18)16-11-6-15-19(2)13(20)12(11)14/h3-7,16H,1-2H3. The van der Waals surface area contributed by atoms with Crippen molar-refractivity contribution in [3.63, 3.8) is 0 Å². The Morgan fingerprint density at radius 1 is 1.30 bits per heavy atom. The summed E-state index contributed by atoms with van der Waals surface area (Å²) < 4.78 is 2.94. The van der Waals surface area contributed by atoms with Gasteiger partial charge in [0, 0.05) is 31.4 Å². The molecule has 0 bridgehead atoms. The van der Waals surface area contributed by atoms with Crippen LogP contribution in [0.15, 0.2) is 35.4 Å².